The monoisotopic (exact) mass is 175 g/mol. The minimum Gasteiger partial charge on any atom is -0.270 e. The standard InChI is InChI=1S/C11H13NO/c1-2-4-9(5-3-1)12-10-6-7-11(8-10)13-12/h1-5,10-11H,6-8H2. The van der Waals surface area contributed by atoms with E-state index in [1.165, 1.54) is 24.9 Å². The average Bonchev–Trinajstić information content (AvgIpc) is 2.80. The van der Waals surface area contributed by atoms with Gasteiger partial charge in [0.1, 0.15) is 0 Å². The summed E-state index contributed by atoms with van der Waals surface area (Å²) in [6.07, 6.45) is 4.24. The molecule has 3 rings (SSSR count). The highest BCUT2D eigenvalue weighted by molar-refractivity contribution is 5.45. The van der Waals surface area contributed by atoms with Crippen molar-refractivity contribution in [1.82, 2.24) is 0 Å². The smallest absolute Gasteiger partial charge is 0.0878 e. The van der Waals surface area contributed by atoms with E-state index in [2.05, 4.69) is 29.3 Å². The molecule has 2 fully saturated rings. The fourth-order valence-electron chi connectivity index (χ4n) is 2.32. The maximum atomic E-state index is 5.78. The summed E-state index contributed by atoms with van der Waals surface area (Å²) >= 11 is 0. The number of para-hydroxylation sites is 1. The van der Waals surface area contributed by atoms with E-state index in [0.717, 1.165) is 0 Å². The SMILES string of the molecule is c1ccc(N2OC3CCC2C3)cc1. The van der Waals surface area contributed by atoms with Crippen LogP contribution in [0.25, 0.3) is 0 Å². The summed E-state index contributed by atoms with van der Waals surface area (Å²) in [5.74, 6) is 0. The van der Waals surface area contributed by atoms with Crippen molar-refractivity contribution in [3.8, 4) is 0 Å². The Morgan fingerprint density at radius 3 is 2.62 bits per heavy atom. The molecule has 0 radical (unpaired) electrons. The molecule has 2 aliphatic rings. The van der Waals surface area contributed by atoms with Crippen LogP contribution >= 0.6 is 0 Å². The molecule has 68 valence electrons. The third-order valence-corrected chi connectivity index (χ3v) is 2.96. The zero-order valence-electron chi connectivity index (χ0n) is 7.52. The normalized spacial score (nSPS) is 31.2. The molecular formula is C11H13NO. The summed E-state index contributed by atoms with van der Waals surface area (Å²) in [4.78, 5) is 5.78. The van der Waals surface area contributed by atoms with Gasteiger partial charge in [-0.05, 0) is 31.4 Å². The fourth-order valence-corrected chi connectivity index (χ4v) is 2.32. The number of hydrogen-bond acceptors (Lipinski definition) is 2. The van der Waals surface area contributed by atoms with Crippen molar-refractivity contribution < 1.29 is 4.84 Å². The first kappa shape index (κ1) is 7.39. The highest BCUT2D eigenvalue weighted by Crippen LogP contribution is 2.37. The van der Waals surface area contributed by atoms with Crippen LogP contribution in [-0.4, -0.2) is 12.1 Å². The maximum Gasteiger partial charge on any atom is 0.0878 e. The number of anilines is 1. The molecule has 2 atom stereocenters. The van der Waals surface area contributed by atoms with Gasteiger partial charge in [-0.15, -0.1) is 0 Å². The van der Waals surface area contributed by atoms with Gasteiger partial charge in [0.25, 0.3) is 0 Å². The molecule has 13 heavy (non-hydrogen) atoms. The zero-order chi connectivity index (χ0) is 8.67. The third-order valence-electron chi connectivity index (χ3n) is 2.96. The van der Waals surface area contributed by atoms with E-state index < -0.39 is 0 Å². The van der Waals surface area contributed by atoms with Gasteiger partial charge in [0.2, 0.25) is 0 Å². The van der Waals surface area contributed by atoms with Gasteiger partial charge in [0.15, 0.2) is 0 Å². The molecular weight excluding hydrogens is 162 g/mol. The third kappa shape index (κ3) is 1.13. The minimum absolute atomic E-state index is 0.491. The second-order valence-electron chi connectivity index (χ2n) is 3.86. The summed E-state index contributed by atoms with van der Waals surface area (Å²) in [6.45, 7) is 0. The average molecular weight is 175 g/mol. The molecule has 1 aromatic rings. The molecule has 0 N–H and O–H groups in total. The van der Waals surface area contributed by atoms with Gasteiger partial charge >= 0.3 is 0 Å². The second-order valence-corrected chi connectivity index (χ2v) is 3.86. The van der Waals surface area contributed by atoms with Crippen molar-refractivity contribution in [1.29, 1.82) is 0 Å². The van der Waals surface area contributed by atoms with Crippen molar-refractivity contribution in [3.63, 3.8) is 0 Å². The van der Waals surface area contributed by atoms with Crippen LogP contribution in [0.15, 0.2) is 30.3 Å². The predicted molar refractivity (Wildman–Crippen MR) is 51.4 cm³/mol. The maximum absolute atomic E-state index is 5.78. The van der Waals surface area contributed by atoms with E-state index in [9.17, 15) is 0 Å². The first-order chi connectivity index (χ1) is 6.43. The van der Waals surface area contributed by atoms with Crippen molar-refractivity contribution in [2.24, 2.45) is 0 Å². The summed E-state index contributed by atoms with van der Waals surface area (Å²) in [6, 6.07) is 11.0. The van der Waals surface area contributed by atoms with Crippen molar-refractivity contribution in [2.75, 3.05) is 5.06 Å². The number of fused-ring (bicyclic) bond motifs is 2. The van der Waals surface area contributed by atoms with Crippen molar-refractivity contribution in [3.05, 3.63) is 30.3 Å². The molecule has 2 heteroatoms. The molecule has 1 heterocycles. The fraction of sp³-hybridized carbons (Fsp3) is 0.455. The minimum atomic E-state index is 0.491. The lowest BCUT2D eigenvalue weighted by atomic mass is 10.2. The molecule has 1 saturated carbocycles. The molecule has 2 unspecified atom stereocenters. The molecule has 0 aromatic heterocycles. The summed E-state index contributed by atoms with van der Waals surface area (Å²) in [5, 5.41) is 2.09. The molecule has 1 aromatic carbocycles. The molecule has 0 spiro atoms. The van der Waals surface area contributed by atoms with Crippen molar-refractivity contribution in [2.45, 2.75) is 31.4 Å². The number of nitrogens with zero attached hydrogens (tertiary/aromatic N) is 1. The van der Waals surface area contributed by atoms with E-state index in [1.54, 1.807) is 0 Å². The van der Waals surface area contributed by atoms with E-state index in [0.29, 0.717) is 12.1 Å². The van der Waals surface area contributed by atoms with Gasteiger partial charge in [-0.3, -0.25) is 9.90 Å². The lowest BCUT2D eigenvalue weighted by Crippen LogP contribution is -2.30. The van der Waals surface area contributed by atoms with Crippen LogP contribution in [0.1, 0.15) is 19.3 Å². The zero-order valence-corrected chi connectivity index (χ0v) is 7.52. The van der Waals surface area contributed by atoms with Gasteiger partial charge in [0, 0.05) is 0 Å². The van der Waals surface area contributed by atoms with Crippen molar-refractivity contribution >= 4 is 5.69 Å². The topological polar surface area (TPSA) is 12.5 Å². The van der Waals surface area contributed by atoms with Gasteiger partial charge in [-0.1, -0.05) is 18.2 Å². The molecule has 1 aliphatic carbocycles. The first-order valence-electron chi connectivity index (χ1n) is 4.94. The van der Waals surface area contributed by atoms with Gasteiger partial charge < -0.3 is 0 Å². The largest absolute Gasteiger partial charge is 0.270 e. The lowest BCUT2D eigenvalue weighted by Gasteiger charge is -2.27. The van der Waals surface area contributed by atoms with E-state index in [1.807, 2.05) is 6.07 Å². The Labute approximate surface area is 78.1 Å². The van der Waals surface area contributed by atoms with Crippen LogP contribution in [0.5, 0.6) is 0 Å². The second kappa shape index (κ2) is 2.74. The number of hydroxylamine groups is 1. The van der Waals surface area contributed by atoms with E-state index in [-0.39, 0.29) is 0 Å². The Balaban J connectivity index is 1.87. The Morgan fingerprint density at radius 2 is 2.00 bits per heavy atom. The molecule has 0 amide bonds. The van der Waals surface area contributed by atoms with Crippen LogP contribution < -0.4 is 5.06 Å². The van der Waals surface area contributed by atoms with E-state index in [4.69, 9.17) is 4.84 Å². The van der Waals surface area contributed by atoms with Crippen LogP contribution in [0, 0.1) is 0 Å². The van der Waals surface area contributed by atoms with Crippen LogP contribution in [0.4, 0.5) is 5.69 Å². The Hall–Kier alpha value is -1.02. The van der Waals surface area contributed by atoms with Crippen LogP contribution in [-0.2, 0) is 4.84 Å². The Kier molecular flexibility index (Phi) is 1.56. The van der Waals surface area contributed by atoms with Crippen LogP contribution in [0.2, 0.25) is 0 Å². The Bertz CT molecular complexity index is 298. The first-order valence-corrected chi connectivity index (χ1v) is 4.94. The molecule has 1 aliphatic heterocycles. The van der Waals surface area contributed by atoms with Gasteiger partial charge in [0.05, 0.1) is 17.8 Å². The predicted octanol–water partition coefficient (Wildman–Crippen LogP) is 2.36. The summed E-state index contributed by atoms with van der Waals surface area (Å²) in [7, 11) is 0. The Morgan fingerprint density at radius 1 is 1.15 bits per heavy atom. The summed E-state index contributed by atoms with van der Waals surface area (Å²) in [5.41, 5.74) is 1.20. The molecule has 2 bridgehead atoms. The summed E-state index contributed by atoms with van der Waals surface area (Å²) < 4.78 is 0. The van der Waals surface area contributed by atoms with E-state index >= 15 is 0 Å². The number of hydrogen-bond donors (Lipinski definition) is 0. The number of benzene rings is 1. The quantitative estimate of drug-likeness (QED) is 0.649. The molecule has 2 nitrogen and oxygen atoms in total. The molecule has 1 saturated heterocycles. The number of rotatable bonds is 1. The highest BCUT2D eigenvalue weighted by Gasteiger charge is 2.39. The lowest BCUT2D eigenvalue weighted by molar-refractivity contribution is 0.0585. The highest BCUT2D eigenvalue weighted by atomic mass is 16.7. The van der Waals surface area contributed by atoms with Gasteiger partial charge in [-0.2, -0.15) is 0 Å². The van der Waals surface area contributed by atoms with Gasteiger partial charge in [-0.25, -0.2) is 0 Å². The van der Waals surface area contributed by atoms with Crippen LogP contribution in [0.3, 0.4) is 0 Å².